The summed E-state index contributed by atoms with van der Waals surface area (Å²) in [6, 6.07) is 13.7. The van der Waals surface area contributed by atoms with Gasteiger partial charge in [-0.2, -0.15) is 0 Å². The molecular formula is C19H21NO4. The first-order valence-electron chi connectivity index (χ1n) is 8.19. The van der Waals surface area contributed by atoms with Crippen molar-refractivity contribution in [3.05, 3.63) is 42.5 Å². The van der Waals surface area contributed by atoms with Gasteiger partial charge in [0.2, 0.25) is 0 Å². The van der Waals surface area contributed by atoms with Crippen LogP contribution in [0.1, 0.15) is 19.8 Å². The summed E-state index contributed by atoms with van der Waals surface area (Å²) >= 11 is 0. The second-order valence-electron chi connectivity index (χ2n) is 6.28. The quantitative estimate of drug-likeness (QED) is 0.849. The summed E-state index contributed by atoms with van der Waals surface area (Å²) in [6.45, 7) is 1.78. The molecule has 0 radical (unpaired) electrons. The molecule has 2 aromatic rings. The number of hydrogen-bond acceptors (Lipinski definition) is 3. The van der Waals surface area contributed by atoms with Gasteiger partial charge in [0.15, 0.2) is 6.61 Å². The first-order chi connectivity index (χ1) is 11.6. The van der Waals surface area contributed by atoms with Crippen LogP contribution in [0.25, 0.3) is 10.8 Å². The monoisotopic (exact) mass is 327 g/mol. The topological polar surface area (TPSA) is 66.8 Å². The largest absolute Gasteiger partial charge is 0.483 e. The molecule has 0 aromatic heterocycles. The standard InChI is InChI=1S/C19H21NO4/c1-13(19(22)23)11-20(15-9-10-15)18(21)12-24-17-8-4-6-14-5-2-3-7-16(14)17/h2-8,13,15H,9-12H2,1H3,(H,22,23). The molecular weight excluding hydrogens is 306 g/mol. The van der Waals surface area contributed by atoms with Gasteiger partial charge in [0.1, 0.15) is 5.75 Å². The van der Waals surface area contributed by atoms with Crippen molar-refractivity contribution in [2.24, 2.45) is 5.92 Å². The molecule has 2 aromatic carbocycles. The highest BCUT2D eigenvalue weighted by Gasteiger charge is 2.34. The SMILES string of the molecule is CC(CN(C(=O)COc1cccc2ccccc12)C1CC1)C(=O)O. The van der Waals surface area contributed by atoms with Crippen LogP contribution in [-0.2, 0) is 9.59 Å². The van der Waals surface area contributed by atoms with Crippen molar-refractivity contribution in [1.29, 1.82) is 0 Å². The zero-order valence-corrected chi connectivity index (χ0v) is 13.6. The summed E-state index contributed by atoms with van der Waals surface area (Å²) in [7, 11) is 0. The number of hydrogen-bond donors (Lipinski definition) is 1. The summed E-state index contributed by atoms with van der Waals surface area (Å²) < 4.78 is 5.74. The summed E-state index contributed by atoms with van der Waals surface area (Å²) in [5, 5.41) is 11.1. The van der Waals surface area contributed by atoms with Crippen LogP contribution in [0.4, 0.5) is 0 Å². The lowest BCUT2D eigenvalue weighted by molar-refractivity contribution is -0.143. The van der Waals surface area contributed by atoms with E-state index < -0.39 is 11.9 Å². The van der Waals surface area contributed by atoms with Crippen LogP contribution in [0.2, 0.25) is 0 Å². The van der Waals surface area contributed by atoms with Gasteiger partial charge >= 0.3 is 5.97 Å². The third-order valence-electron chi connectivity index (χ3n) is 4.30. The minimum absolute atomic E-state index is 0.0726. The van der Waals surface area contributed by atoms with E-state index in [1.165, 1.54) is 0 Å². The molecule has 5 nitrogen and oxygen atoms in total. The van der Waals surface area contributed by atoms with Crippen molar-refractivity contribution < 1.29 is 19.4 Å². The van der Waals surface area contributed by atoms with E-state index in [2.05, 4.69) is 0 Å². The number of amides is 1. The average molecular weight is 327 g/mol. The summed E-state index contributed by atoms with van der Waals surface area (Å²) in [6.07, 6.45) is 1.87. The highest BCUT2D eigenvalue weighted by molar-refractivity contribution is 5.88. The first kappa shape index (κ1) is 16.3. The van der Waals surface area contributed by atoms with Crippen LogP contribution < -0.4 is 4.74 Å². The molecule has 1 aliphatic carbocycles. The summed E-state index contributed by atoms with van der Waals surface area (Å²) in [5.41, 5.74) is 0. The van der Waals surface area contributed by atoms with Crippen LogP contribution in [0.5, 0.6) is 5.75 Å². The number of carbonyl (C=O) groups excluding carboxylic acids is 1. The van der Waals surface area contributed by atoms with Gasteiger partial charge in [-0.25, -0.2) is 0 Å². The Kier molecular flexibility index (Phi) is 4.69. The third kappa shape index (κ3) is 3.67. The molecule has 3 rings (SSSR count). The number of fused-ring (bicyclic) bond motifs is 1. The Bertz CT molecular complexity index is 749. The second-order valence-corrected chi connectivity index (χ2v) is 6.28. The summed E-state index contributed by atoms with van der Waals surface area (Å²) in [5.74, 6) is -0.947. The first-order valence-corrected chi connectivity index (χ1v) is 8.19. The van der Waals surface area contributed by atoms with Gasteiger partial charge in [-0.05, 0) is 24.3 Å². The van der Waals surface area contributed by atoms with E-state index in [4.69, 9.17) is 9.84 Å². The van der Waals surface area contributed by atoms with Gasteiger partial charge in [0.25, 0.3) is 5.91 Å². The predicted molar refractivity (Wildman–Crippen MR) is 91.0 cm³/mol. The smallest absolute Gasteiger partial charge is 0.308 e. The Morgan fingerprint density at radius 2 is 1.92 bits per heavy atom. The molecule has 1 unspecified atom stereocenters. The maximum absolute atomic E-state index is 12.5. The van der Waals surface area contributed by atoms with Gasteiger partial charge < -0.3 is 14.7 Å². The van der Waals surface area contributed by atoms with Crippen LogP contribution in [0.15, 0.2) is 42.5 Å². The van der Waals surface area contributed by atoms with E-state index >= 15 is 0 Å². The third-order valence-corrected chi connectivity index (χ3v) is 4.30. The zero-order valence-electron chi connectivity index (χ0n) is 13.6. The van der Waals surface area contributed by atoms with E-state index in [-0.39, 0.29) is 25.1 Å². The molecule has 1 aliphatic rings. The van der Waals surface area contributed by atoms with E-state index in [1.54, 1.807) is 11.8 Å². The van der Waals surface area contributed by atoms with Crippen molar-refractivity contribution in [2.45, 2.75) is 25.8 Å². The lowest BCUT2D eigenvalue weighted by atomic mass is 10.1. The van der Waals surface area contributed by atoms with E-state index in [9.17, 15) is 9.59 Å². The number of nitrogens with zero attached hydrogens (tertiary/aromatic N) is 1. The Hall–Kier alpha value is -2.56. The molecule has 0 bridgehead atoms. The molecule has 126 valence electrons. The van der Waals surface area contributed by atoms with Gasteiger partial charge in [-0.15, -0.1) is 0 Å². The molecule has 1 atom stereocenters. The van der Waals surface area contributed by atoms with Crippen LogP contribution >= 0.6 is 0 Å². The molecule has 1 saturated carbocycles. The lowest BCUT2D eigenvalue weighted by Gasteiger charge is -2.24. The molecule has 1 N–H and O–H groups in total. The van der Waals surface area contributed by atoms with Gasteiger partial charge in [0.05, 0.1) is 5.92 Å². The fraction of sp³-hybridized carbons (Fsp3) is 0.368. The molecule has 0 saturated heterocycles. The molecule has 24 heavy (non-hydrogen) atoms. The maximum atomic E-state index is 12.5. The second kappa shape index (κ2) is 6.91. The number of carbonyl (C=O) groups is 2. The average Bonchev–Trinajstić information content (AvgIpc) is 3.42. The van der Waals surface area contributed by atoms with Gasteiger partial charge in [-0.1, -0.05) is 43.3 Å². The maximum Gasteiger partial charge on any atom is 0.308 e. The molecule has 0 heterocycles. The Morgan fingerprint density at radius 3 is 2.62 bits per heavy atom. The lowest BCUT2D eigenvalue weighted by Crippen LogP contribution is -2.41. The van der Waals surface area contributed by atoms with Crippen molar-refractivity contribution in [3.8, 4) is 5.75 Å². The van der Waals surface area contributed by atoms with Crippen LogP contribution in [0, 0.1) is 5.92 Å². The fourth-order valence-electron chi connectivity index (χ4n) is 2.76. The fourth-order valence-corrected chi connectivity index (χ4v) is 2.76. The number of rotatable bonds is 7. The van der Waals surface area contributed by atoms with Gasteiger partial charge in [0, 0.05) is 18.0 Å². The van der Waals surface area contributed by atoms with Crippen molar-refractivity contribution >= 4 is 22.6 Å². The number of carboxylic acids is 1. The Morgan fingerprint density at radius 1 is 1.21 bits per heavy atom. The normalized spacial score (nSPS) is 15.0. The highest BCUT2D eigenvalue weighted by atomic mass is 16.5. The Labute approximate surface area is 140 Å². The number of carboxylic acid groups (broad SMARTS) is 1. The number of benzene rings is 2. The molecule has 1 fully saturated rings. The van der Waals surface area contributed by atoms with Gasteiger partial charge in [-0.3, -0.25) is 9.59 Å². The number of aliphatic carboxylic acids is 1. The van der Waals surface area contributed by atoms with E-state index in [1.807, 2.05) is 42.5 Å². The Balaban J connectivity index is 1.68. The molecule has 0 spiro atoms. The zero-order chi connectivity index (χ0) is 17.1. The minimum atomic E-state index is -0.886. The predicted octanol–water partition coefficient (Wildman–Crippen LogP) is 2.93. The number of ether oxygens (including phenoxy) is 1. The van der Waals surface area contributed by atoms with Crippen LogP contribution in [0.3, 0.4) is 0 Å². The minimum Gasteiger partial charge on any atom is -0.483 e. The summed E-state index contributed by atoms with van der Waals surface area (Å²) in [4.78, 5) is 25.2. The van der Waals surface area contributed by atoms with E-state index in [0.29, 0.717) is 5.75 Å². The van der Waals surface area contributed by atoms with Crippen molar-refractivity contribution in [3.63, 3.8) is 0 Å². The molecule has 5 heteroatoms. The molecule has 0 aliphatic heterocycles. The van der Waals surface area contributed by atoms with Crippen molar-refractivity contribution in [2.75, 3.05) is 13.2 Å². The highest BCUT2D eigenvalue weighted by Crippen LogP contribution is 2.29. The van der Waals surface area contributed by atoms with Crippen molar-refractivity contribution in [1.82, 2.24) is 4.90 Å². The molecule has 1 amide bonds. The van der Waals surface area contributed by atoms with Crippen LogP contribution in [-0.4, -0.2) is 41.1 Å². The van der Waals surface area contributed by atoms with E-state index in [0.717, 1.165) is 23.6 Å².